The lowest BCUT2D eigenvalue weighted by Gasteiger charge is -2.17. The van der Waals surface area contributed by atoms with Crippen LogP contribution in [0.25, 0.3) is 0 Å². The van der Waals surface area contributed by atoms with E-state index in [-0.39, 0.29) is 18.6 Å². The van der Waals surface area contributed by atoms with Gasteiger partial charge in [-0.3, -0.25) is 0 Å². The van der Waals surface area contributed by atoms with Gasteiger partial charge in [0.1, 0.15) is 0 Å². The van der Waals surface area contributed by atoms with Gasteiger partial charge in [0, 0.05) is 41.9 Å². The number of methoxy groups -OCH3 is 1. The number of halogens is 2. The zero-order valence-electron chi connectivity index (χ0n) is 12.0. The van der Waals surface area contributed by atoms with Crippen LogP contribution in [0.4, 0.5) is 4.79 Å². The Morgan fingerprint density at radius 2 is 2.00 bits per heavy atom. The van der Waals surface area contributed by atoms with E-state index in [0.29, 0.717) is 28.6 Å². The second kappa shape index (κ2) is 9.10. The van der Waals surface area contributed by atoms with Gasteiger partial charge in [0.25, 0.3) is 0 Å². The molecule has 0 heterocycles. The Morgan fingerprint density at radius 1 is 1.38 bits per heavy atom. The fourth-order valence-corrected chi connectivity index (χ4v) is 2.41. The molecular formula is C14H20Cl2N2O3. The molecule has 0 bridgehead atoms. The Hall–Kier alpha value is -1.01. The van der Waals surface area contributed by atoms with Gasteiger partial charge in [0.2, 0.25) is 0 Å². The molecule has 0 fully saturated rings. The van der Waals surface area contributed by atoms with Crippen LogP contribution in [0.15, 0.2) is 18.2 Å². The molecule has 0 saturated heterocycles. The monoisotopic (exact) mass is 334 g/mol. The molecule has 0 aliphatic heterocycles. The summed E-state index contributed by atoms with van der Waals surface area (Å²) < 4.78 is 4.94. The number of carbonyl (C=O) groups is 1. The Morgan fingerprint density at radius 3 is 2.57 bits per heavy atom. The van der Waals surface area contributed by atoms with E-state index < -0.39 is 6.10 Å². The summed E-state index contributed by atoms with van der Waals surface area (Å²) in [7, 11) is 1.61. The summed E-state index contributed by atoms with van der Waals surface area (Å²) in [4.78, 5) is 11.7. The van der Waals surface area contributed by atoms with E-state index in [0.717, 1.165) is 0 Å². The van der Waals surface area contributed by atoms with E-state index in [2.05, 4.69) is 10.6 Å². The average molecular weight is 335 g/mol. The van der Waals surface area contributed by atoms with Crippen molar-refractivity contribution < 1.29 is 14.6 Å². The number of amides is 2. The molecule has 21 heavy (non-hydrogen) atoms. The van der Waals surface area contributed by atoms with E-state index in [4.69, 9.17) is 27.9 Å². The van der Waals surface area contributed by atoms with Crippen LogP contribution in [-0.2, 0) is 4.74 Å². The number of carbonyl (C=O) groups excluding carboxylic acids is 1. The maximum Gasteiger partial charge on any atom is 0.315 e. The predicted octanol–water partition coefficient (Wildman–Crippen LogP) is 2.75. The highest BCUT2D eigenvalue weighted by atomic mass is 35.5. The minimum Gasteiger partial charge on any atom is -0.386 e. The normalized spacial score (nSPS) is 13.6. The summed E-state index contributed by atoms with van der Waals surface area (Å²) in [5.74, 6) is 0. The molecule has 7 heteroatoms. The van der Waals surface area contributed by atoms with Crippen LogP contribution in [0, 0.1) is 0 Å². The Kier molecular flexibility index (Phi) is 7.82. The standard InChI is InChI=1S/C14H20Cl2N2O3/c1-9(6-7-21-2)18-14(20)17-8-12(19)13-10(15)4-3-5-11(13)16/h3-5,9,12,19H,6-8H2,1-2H3,(H2,17,18,20). The fraction of sp³-hybridized carbons (Fsp3) is 0.500. The lowest BCUT2D eigenvalue weighted by Crippen LogP contribution is -2.42. The van der Waals surface area contributed by atoms with Crippen LogP contribution in [0.2, 0.25) is 10.0 Å². The highest BCUT2D eigenvalue weighted by molar-refractivity contribution is 6.36. The maximum absolute atomic E-state index is 11.7. The third-order valence-electron chi connectivity index (χ3n) is 2.92. The molecule has 0 saturated carbocycles. The van der Waals surface area contributed by atoms with Crippen molar-refractivity contribution >= 4 is 29.2 Å². The Labute approximate surface area is 134 Å². The van der Waals surface area contributed by atoms with Crippen LogP contribution in [-0.4, -0.2) is 37.4 Å². The molecule has 5 nitrogen and oxygen atoms in total. The van der Waals surface area contributed by atoms with Gasteiger partial charge in [-0.2, -0.15) is 0 Å². The maximum atomic E-state index is 11.7. The third kappa shape index (κ3) is 6.09. The zero-order chi connectivity index (χ0) is 15.8. The minimum absolute atomic E-state index is 0.0201. The molecular weight excluding hydrogens is 315 g/mol. The van der Waals surface area contributed by atoms with Crippen molar-refractivity contribution in [3.8, 4) is 0 Å². The average Bonchev–Trinajstić information content (AvgIpc) is 2.42. The number of ether oxygens (including phenoxy) is 1. The summed E-state index contributed by atoms with van der Waals surface area (Å²) in [6.07, 6.45) is -0.255. The van der Waals surface area contributed by atoms with Gasteiger partial charge in [0.05, 0.1) is 6.10 Å². The van der Waals surface area contributed by atoms with Crippen LogP contribution in [0.3, 0.4) is 0 Å². The third-order valence-corrected chi connectivity index (χ3v) is 3.58. The van der Waals surface area contributed by atoms with Gasteiger partial charge in [0.15, 0.2) is 0 Å². The largest absolute Gasteiger partial charge is 0.386 e. The van der Waals surface area contributed by atoms with E-state index >= 15 is 0 Å². The first-order valence-corrected chi connectivity index (χ1v) is 7.36. The van der Waals surface area contributed by atoms with Crippen molar-refractivity contribution in [1.29, 1.82) is 0 Å². The smallest absolute Gasteiger partial charge is 0.315 e. The van der Waals surface area contributed by atoms with Crippen molar-refractivity contribution in [2.24, 2.45) is 0 Å². The highest BCUT2D eigenvalue weighted by Crippen LogP contribution is 2.29. The zero-order valence-corrected chi connectivity index (χ0v) is 13.5. The van der Waals surface area contributed by atoms with Crippen LogP contribution < -0.4 is 10.6 Å². The van der Waals surface area contributed by atoms with Crippen molar-refractivity contribution in [3.05, 3.63) is 33.8 Å². The molecule has 2 amide bonds. The summed E-state index contributed by atoms with van der Waals surface area (Å²) >= 11 is 12.0. The van der Waals surface area contributed by atoms with Gasteiger partial charge in [-0.15, -0.1) is 0 Å². The minimum atomic E-state index is -0.966. The Bertz CT molecular complexity index is 451. The summed E-state index contributed by atoms with van der Waals surface area (Å²) in [5, 5.41) is 16.1. The number of hydrogen-bond acceptors (Lipinski definition) is 3. The molecule has 0 aromatic heterocycles. The molecule has 2 unspecified atom stereocenters. The van der Waals surface area contributed by atoms with E-state index in [1.165, 1.54) is 0 Å². The Balaban J connectivity index is 2.46. The summed E-state index contributed by atoms with van der Waals surface area (Å²) in [6, 6.07) is 4.59. The van der Waals surface area contributed by atoms with Crippen LogP contribution in [0.1, 0.15) is 25.0 Å². The van der Waals surface area contributed by atoms with Gasteiger partial charge in [-0.05, 0) is 25.5 Å². The van der Waals surface area contributed by atoms with Gasteiger partial charge < -0.3 is 20.5 Å². The molecule has 0 aliphatic carbocycles. The molecule has 118 valence electrons. The topological polar surface area (TPSA) is 70.6 Å². The molecule has 1 rings (SSSR count). The first-order valence-electron chi connectivity index (χ1n) is 6.61. The second-order valence-electron chi connectivity index (χ2n) is 4.69. The number of urea groups is 1. The molecule has 0 radical (unpaired) electrons. The van der Waals surface area contributed by atoms with Gasteiger partial charge >= 0.3 is 6.03 Å². The number of aliphatic hydroxyl groups excluding tert-OH is 1. The molecule has 0 aliphatic rings. The van der Waals surface area contributed by atoms with E-state index in [1.807, 2.05) is 6.92 Å². The second-order valence-corrected chi connectivity index (χ2v) is 5.50. The highest BCUT2D eigenvalue weighted by Gasteiger charge is 2.16. The summed E-state index contributed by atoms with van der Waals surface area (Å²) in [6.45, 7) is 2.46. The predicted molar refractivity (Wildman–Crippen MR) is 83.9 cm³/mol. The number of benzene rings is 1. The van der Waals surface area contributed by atoms with Crippen LogP contribution in [0.5, 0.6) is 0 Å². The lowest BCUT2D eigenvalue weighted by atomic mass is 10.1. The van der Waals surface area contributed by atoms with Crippen LogP contribution >= 0.6 is 23.2 Å². The van der Waals surface area contributed by atoms with Crippen molar-refractivity contribution in [1.82, 2.24) is 10.6 Å². The number of rotatable bonds is 7. The number of aliphatic hydroxyl groups is 1. The lowest BCUT2D eigenvalue weighted by molar-refractivity contribution is 0.170. The quantitative estimate of drug-likeness (QED) is 0.718. The van der Waals surface area contributed by atoms with Gasteiger partial charge in [-0.25, -0.2) is 4.79 Å². The van der Waals surface area contributed by atoms with Crippen molar-refractivity contribution in [2.75, 3.05) is 20.3 Å². The first kappa shape index (κ1) is 18.0. The van der Waals surface area contributed by atoms with Crippen molar-refractivity contribution in [3.63, 3.8) is 0 Å². The summed E-state index contributed by atoms with van der Waals surface area (Å²) in [5.41, 5.74) is 0.411. The van der Waals surface area contributed by atoms with Crippen molar-refractivity contribution in [2.45, 2.75) is 25.5 Å². The van der Waals surface area contributed by atoms with Gasteiger partial charge in [-0.1, -0.05) is 29.3 Å². The first-order chi connectivity index (χ1) is 9.95. The SMILES string of the molecule is COCCC(C)NC(=O)NCC(O)c1c(Cl)cccc1Cl. The molecule has 2 atom stereocenters. The van der Waals surface area contributed by atoms with E-state index in [1.54, 1.807) is 25.3 Å². The number of hydrogen-bond donors (Lipinski definition) is 3. The molecule has 3 N–H and O–H groups in total. The fourth-order valence-electron chi connectivity index (χ4n) is 1.76. The van der Waals surface area contributed by atoms with E-state index in [9.17, 15) is 9.90 Å². The number of nitrogens with one attached hydrogen (secondary N) is 2. The molecule has 1 aromatic carbocycles. The molecule has 1 aromatic rings. The molecule has 0 spiro atoms.